The Hall–Kier alpha value is -1.71. The molecule has 2 rings (SSSR count). The van der Waals surface area contributed by atoms with Crippen molar-refractivity contribution >= 4 is 5.84 Å². The minimum Gasteiger partial charge on any atom is -0.490 e. The molecule has 3 N–H and O–H groups in total. The summed E-state index contributed by atoms with van der Waals surface area (Å²) in [6.07, 6.45) is 7.63. The van der Waals surface area contributed by atoms with Crippen molar-refractivity contribution in [3.63, 3.8) is 0 Å². The number of ether oxygens (including phenoxy) is 1. The number of nitrogens with two attached hydrogens (primary N) is 1. The highest BCUT2D eigenvalue weighted by molar-refractivity contribution is 5.97. The van der Waals surface area contributed by atoms with E-state index >= 15 is 0 Å². The molecule has 104 valence electrons. The lowest BCUT2D eigenvalue weighted by Gasteiger charge is -2.19. The number of nitrogens with zero attached hydrogens (tertiary/aromatic N) is 1. The van der Waals surface area contributed by atoms with Crippen LogP contribution in [0.5, 0.6) is 5.75 Å². The van der Waals surface area contributed by atoms with Crippen molar-refractivity contribution in [3.8, 4) is 5.75 Å². The Balaban J connectivity index is 2.14. The minimum absolute atomic E-state index is 0.116. The van der Waals surface area contributed by atoms with Gasteiger partial charge in [0, 0.05) is 5.56 Å². The summed E-state index contributed by atoms with van der Waals surface area (Å²) in [5.41, 5.74) is 7.39. The summed E-state index contributed by atoms with van der Waals surface area (Å²) in [5, 5.41) is 11.8. The van der Waals surface area contributed by atoms with Crippen molar-refractivity contribution in [2.75, 3.05) is 0 Å². The molecular weight excluding hydrogens is 240 g/mol. The van der Waals surface area contributed by atoms with E-state index in [1.807, 2.05) is 25.1 Å². The molecule has 0 spiro atoms. The third-order valence-electron chi connectivity index (χ3n) is 3.69. The van der Waals surface area contributed by atoms with E-state index in [0.29, 0.717) is 11.7 Å². The van der Waals surface area contributed by atoms with E-state index in [4.69, 9.17) is 15.7 Å². The predicted octanol–water partition coefficient (Wildman–Crippen LogP) is 3.19. The largest absolute Gasteiger partial charge is 0.490 e. The van der Waals surface area contributed by atoms with E-state index < -0.39 is 0 Å². The fourth-order valence-corrected chi connectivity index (χ4v) is 2.48. The highest BCUT2D eigenvalue weighted by Crippen LogP contribution is 2.26. The lowest BCUT2D eigenvalue weighted by molar-refractivity contribution is 0.182. The van der Waals surface area contributed by atoms with Crippen molar-refractivity contribution in [3.05, 3.63) is 29.3 Å². The molecule has 4 nitrogen and oxygen atoms in total. The van der Waals surface area contributed by atoms with E-state index in [1.165, 1.54) is 25.7 Å². The second kappa shape index (κ2) is 6.45. The van der Waals surface area contributed by atoms with Gasteiger partial charge in [0.15, 0.2) is 5.84 Å². The van der Waals surface area contributed by atoms with Crippen molar-refractivity contribution in [2.45, 2.75) is 51.6 Å². The fourth-order valence-electron chi connectivity index (χ4n) is 2.48. The lowest BCUT2D eigenvalue weighted by atomic mass is 10.1. The zero-order chi connectivity index (χ0) is 13.7. The zero-order valence-electron chi connectivity index (χ0n) is 11.4. The molecule has 0 aliphatic heterocycles. The third kappa shape index (κ3) is 3.63. The Morgan fingerprint density at radius 1 is 1.26 bits per heavy atom. The number of aryl methyl sites for hydroxylation is 1. The van der Waals surface area contributed by atoms with Crippen LogP contribution in [-0.2, 0) is 0 Å². The number of oxime groups is 1. The second-order valence-electron chi connectivity index (χ2n) is 5.20. The molecular formula is C15H22N2O2. The quantitative estimate of drug-likeness (QED) is 0.289. The standard InChI is InChI=1S/C15H22N2O2/c1-11-8-9-12(15(16)17-18)10-14(11)19-13-6-4-2-3-5-7-13/h8-10,13,18H,2-7H2,1H3,(H2,16,17). The molecule has 0 heterocycles. The van der Waals surface area contributed by atoms with Gasteiger partial charge in [-0.25, -0.2) is 0 Å². The fraction of sp³-hybridized carbons (Fsp3) is 0.533. The predicted molar refractivity (Wildman–Crippen MR) is 75.8 cm³/mol. The number of hydrogen-bond acceptors (Lipinski definition) is 3. The average Bonchev–Trinajstić information content (AvgIpc) is 2.69. The molecule has 0 amide bonds. The molecule has 19 heavy (non-hydrogen) atoms. The maximum atomic E-state index is 8.73. The van der Waals surface area contributed by atoms with Crippen LogP contribution in [0.2, 0.25) is 0 Å². The Kier molecular flexibility index (Phi) is 4.66. The van der Waals surface area contributed by atoms with Crippen molar-refractivity contribution in [1.82, 2.24) is 0 Å². The summed E-state index contributed by atoms with van der Waals surface area (Å²) < 4.78 is 6.11. The molecule has 0 unspecified atom stereocenters. The minimum atomic E-state index is 0.116. The Bertz CT molecular complexity index is 449. The maximum Gasteiger partial charge on any atom is 0.170 e. The van der Waals surface area contributed by atoms with Gasteiger partial charge in [-0.05, 0) is 44.2 Å². The first-order valence-corrected chi connectivity index (χ1v) is 6.96. The van der Waals surface area contributed by atoms with E-state index in [0.717, 1.165) is 24.2 Å². The van der Waals surface area contributed by atoms with Gasteiger partial charge in [-0.1, -0.05) is 30.1 Å². The Labute approximate surface area is 114 Å². The van der Waals surface area contributed by atoms with Gasteiger partial charge in [0.05, 0.1) is 6.10 Å². The molecule has 1 aliphatic rings. The molecule has 1 fully saturated rings. The van der Waals surface area contributed by atoms with Gasteiger partial charge in [0.25, 0.3) is 0 Å². The van der Waals surface area contributed by atoms with Crippen LogP contribution in [0, 0.1) is 6.92 Å². The molecule has 0 atom stereocenters. The first kappa shape index (κ1) is 13.7. The van der Waals surface area contributed by atoms with Crippen molar-refractivity contribution in [2.24, 2.45) is 10.9 Å². The van der Waals surface area contributed by atoms with Gasteiger partial charge < -0.3 is 15.7 Å². The summed E-state index contributed by atoms with van der Waals surface area (Å²) >= 11 is 0. The molecule has 1 aromatic carbocycles. The highest BCUT2D eigenvalue weighted by Gasteiger charge is 2.15. The number of benzene rings is 1. The van der Waals surface area contributed by atoms with Crippen LogP contribution in [0.1, 0.15) is 49.7 Å². The van der Waals surface area contributed by atoms with E-state index in [1.54, 1.807) is 0 Å². The van der Waals surface area contributed by atoms with Gasteiger partial charge in [-0.3, -0.25) is 0 Å². The van der Waals surface area contributed by atoms with Crippen LogP contribution in [0.25, 0.3) is 0 Å². The maximum absolute atomic E-state index is 8.73. The van der Waals surface area contributed by atoms with Crippen LogP contribution >= 0.6 is 0 Å². The average molecular weight is 262 g/mol. The van der Waals surface area contributed by atoms with Crippen LogP contribution in [0.4, 0.5) is 0 Å². The monoisotopic (exact) mass is 262 g/mol. The highest BCUT2D eigenvalue weighted by atomic mass is 16.5. The molecule has 1 saturated carbocycles. The van der Waals surface area contributed by atoms with Gasteiger partial charge in [-0.15, -0.1) is 0 Å². The smallest absolute Gasteiger partial charge is 0.170 e. The van der Waals surface area contributed by atoms with Gasteiger partial charge in [0.2, 0.25) is 0 Å². The molecule has 0 saturated heterocycles. The van der Waals surface area contributed by atoms with E-state index in [2.05, 4.69) is 5.16 Å². The summed E-state index contributed by atoms with van der Waals surface area (Å²) in [6, 6.07) is 5.64. The summed E-state index contributed by atoms with van der Waals surface area (Å²) in [6.45, 7) is 2.02. The first-order valence-electron chi connectivity index (χ1n) is 6.96. The van der Waals surface area contributed by atoms with Gasteiger partial charge in [-0.2, -0.15) is 0 Å². The molecule has 1 aliphatic carbocycles. The Morgan fingerprint density at radius 3 is 2.58 bits per heavy atom. The summed E-state index contributed by atoms with van der Waals surface area (Å²) in [4.78, 5) is 0. The van der Waals surface area contributed by atoms with Crippen LogP contribution < -0.4 is 10.5 Å². The van der Waals surface area contributed by atoms with Gasteiger partial charge in [0.1, 0.15) is 5.75 Å². The molecule has 4 heteroatoms. The molecule has 0 aromatic heterocycles. The molecule has 0 bridgehead atoms. The van der Waals surface area contributed by atoms with Crippen molar-refractivity contribution in [1.29, 1.82) is 0 Å². The van der Waals surface area contributed by atoms with Crippen LogP contribution in [-0.4, -0.2) is 17.1 Å². The van der Waals surface area contributed by atoms with Gasteiger partial charge >= 0.3 is 0 Å². The van der Waals surface area contributed by atoms with Crippen molar-refractivity contribution < 1.29 is 9.94 Å². The third-order valence-corrected chi connectivity index (χ3v) is 3.69. The summed E-state index contributed by atoms with van der Waals surface area (Å²) in [7, 11) is 0. The zero-order valence-corrected chi connectivity index (χ0v) is 11.4. The number of amidine groups is 1. The topological polar surface area (TPSA) is 67.8 Å². The lowest BCUT2D eigenvalue weighted by Crippen LogP contribution is -2.17. The SMILES string of the molecule is Cc1ccc(/C(N)=N/O)cc1OC1CCCCCC1. The second-order valence-corrected chi connectivity index (χ2v) is 5.20. The molecule has 1 aromatic rings. The molecule has 0 radical (unpaired) electrons. The number of rotatable bonds is 3. The van der Waals surface area contributed by atoms with Crippen LogP contribution in [0.15, 0.2) is 23.4 Å². The van der Waals surface area contributed by atoms with E-state index in [-0.39, 0.29) is 5.84 Å². The first-order chi connectivity index (χ1) is 9.20. The summed E-state index contributed by atoms with van der Waals surface area (Å²) in [5.74, 6) is 0.960. The normalized spacial score (nSPS) is 18.1. The number of hydrogen-bond donors (Lipinski definition) is 2. The van der Waals surface area contributed by atoms with E-state index in [9.17, 15) is 0 Å². The Morgan fingerprint density at radius 2 is 1.95 bits per heavy atom. The van der Waals surface area contributed by atoms with Crippen LogP contribution in [0.3, 0.4) is 0 Å².